The molecule has 166 valence electrons. The molecule has 9 heteroatoms. The number of rotatable bonds is 3. The topological polar surface area (TPSA) is 106 Å². The Bertz CT molecular complexity index is 986. The Balaban J connectivity index is 1.28. The van der Waals surface area contributed by atoms with Gasteiger partial charge in [-0.1, -0.05) is 18.0 Å². The first-order valence-corrected chi connectivity index (χ1v) is 11.4. The lowest BCUT2D eigenvalue weighted by molar-refractivity contribution is 0.0764. The van der Waals surface area contributed by atoms with Crippen LogP contribution in [0, 0.1) is 19.3 Å². The van der Waals surface area contributed by atoms with Crippen molar-refractivity contribution >= 4 is 11.8 Å². The Labute approximate surface area is 181 Å². The summed E-state index contributed by atoms with van der Waals surface area (Å²) in [5.41, 5.74) is 1.29. The van der Waals surface area contributed by atoms with Crippen molar-refractivity contribution in [2.45, 2.75) is 77.8 Å². The SMILES string of the molecule is Cc1noc(C)c1C(=O)N1CC[C@]2(CCc3nnc(C(=O)NC4CCCC4)n3CC2)C1. The summed E-state index contributed by atoms with van der Waals surface area (Å²) in [5, 5.41) is 15.6. The van der Waals surface area contributed by atoms with E-state index in [2.05, 4.69) is 20.7 Å². The van der Waals surface area contributed by atoms with E-state index in [0.29, 0.717) is 29.4 Å². The summed E-state index contributed by atoms with van der Waals surface area (Å²) >= 11 is 0. The molecule has 0 radical (unpaired) electrons. The van der Waals surface area contributed by atoms with Gasteiger partial charge in [0.15, 0.2) is 0 Å². The first kappa shape index (κ1) is 20.2. The molecular weight excluding hydrogens is 396 g/mol. The number of likely N-dealkylation sites (tertiary alicyclic amines) is 1. The number of hydrogen-bond donors (Lipinski definition) is 1. The number of aromatic nitrogens is 4. The molecular formula is C22H30N6O3. The summed E-state index contributed by atoms with van der Waals surface area (Å²) in [6, 6.07) is 0.260. The highest BCUT2D eigenvalue weighted by molar-refractivity contribution is 5.96. The van der Waals surface area contributed by atoms with E-state index in [1.54, 1.807) is 6.92 Å². The second-order valence-corrected chi connectivity index (χ2v) is 9.47. The van der Waals surface area contributed by atoms with E-state index in [9.17, 15) is 9.59 Å². The van der Waals surface area contributed by atoms with Crippen molar-refractivity contribution in [3.05, 3.63) is 28.7 Å². The smallest absolute Gasteiger partial charge is 0.289 e. The zero-order chi connectivity index (χ0) is 21.6. The normalized spacial score (nSPS) is 23.9. The maximum Gasteiger partial charge on any atom is 0.289 e. The average Bonchev–Trinajstić information content (AvgIpc) is 3.51. The molecule has 1 saturated heterocycles. The van der Waals surface area contributed by atoms with E-state index in [4.69, 9.17) is 4.52 Å². The molecule has 2 amide bonds. The molecule has 1 atom stereocenters. The van der Waals surface area contributed by atoms with Crippen molar-refractivity contribution < 1.29 is 14.1 Å². The maximum atomic E-state index is 13.1. The van der Waals surface area contributed by atoms with Gasteiger partial charge in [-0.2, -0.15) is 0 Å². The third kappa shape index (κ3) is 3.64. The summed E-state index contributed by atoms with van der Waals surface area (Å²) in [6.07, 6.45) is 8.04. The van der Waals surface area contributed by atoms with E-state index in [1.165, 1.54) is 12.8 Å². The fourth-order valence-electron chi connectivity index (χ4n) is 5.56. The van der Waals surface area contributed by atoms with Crippen LogP contribution in [0.1, 0.15) is 83.2 Å². The average molecular weight is 427 g/mol. The Hall–Kier alpha value is -2.71. The summed E-state index contributed by atoms with van der Waals surface area (Å²) in [5.74, 6) is 1.79. The minimum absolute atomic E-state index is 0.00778. The lowest BCUT2D eigenvalue weighted by atomic mass is 9.80. The minimum Gasteiger partial charge on any atom is -0.361 e. The molecule has 2 fully saturated rings. The number of nitrogens with one attached hydrogen (secondary N) is 1. The van der Waals surface area contributed by atoms with Gasteiger partial charge in [0.25, 0.3) is 11.8 Å². The van der Waals surface area contributed by atoms with Gasteiger partial charge in [-0.15, -0.1) is 10.2 Å². The molecule has 2 aromatic rings. The zero-order valence-corrected chi connectivity index (χ0v) is 18.3. The molecule has 1 aliphatic carbocycles. The lowest BCUT2D eigenvalue weighted by Gasteiger charge is -2.27. The van der Waals surface area contributed by atoms with E-state index in [-0.39, 0.29) is 23.3 Å². The molecule has 0 bridgehead atoms. The van der Waals surface area contributed by atoms with Gasteiger partial charge in [-0.25, -0.2) is 0 Å². The second kappa shape index (κ2) is 7.76. The number of amides is 2. The van der Waals surface area contributed by atoms with Gasteiger partial charge in [-0.3, -0.25) is 9.59 Å². The van der Waals surface area contributed by atoms with Crippen molar-refractivity contribution in [3.8, 4) is 0 Å². The van der Waals surface area contributed by atoms with Crippen molar-refractivity contribution in [2.75, 3.05) is 13.1 Å². The maximum absolute atomic E-state index is 13.1. The van der Waals surface area contributed by atoms with Gasteiger partial charge in [0, 0.05) is 32.1 Å². The molecule has 3 aliphatic rings. The molecule has 9 nitrogen and oxygen atoms in total. The molecule has 2 aromatic heterocycles. The molecule has 1 N–H and O–H groups in total. The van der Waals surface area contributed by atoms with Crippen molar-refractivity contribution in [1.29, 1.82) is 0 Å². The van der Waals surface area contributed by atoms with Crippen LogP contribution in [-0.4, -0.2) is 55.8 Å². The molecule has 1 saturated carbocycles. The first-order chi connectivity index (χ1) is 15.0. The molecule has 1 spiro atoms. The largest absolute Gasteiger partial charge is 0.361 e. The highest BCUT2D eigenvalue weighted by Gasteiger charge is 2.42. The Morgan fingerprint density at radius 3 is 2.61 bits per heavy atom. The third-order valence-electron chi connectivity index (χ3n) is 7.44. The van der Waals surface area contributed by atoms with Crippen LogP contribution in [0.5, 0.6) is 0 Å². The Morgan fingerprint density at radius 2 is 1.87 bits per heavy atom. The van der Waals surface area contributed by atoms with Crippen molar-refractivity contribution in [3.63, 3.8) is 0 Å². The van der Waals surface area contributed by atoms with Crippen molar-refractivity contribution in [2.24, 2.45) is 5.41 Å². The number of fused-ring (bicyclic) bond motifs is 1. The van der Waals surface area contributed by atoms with Crippen LogP contribution >= 0.6 is 0 Å². The lowest BCUT2D eigenvalue weighted by Crippen LogP contribution is -2.35. The highest BCUT2D eigenvalue weighted by atomic mass is 16.5. The minimum atomic E-state index is -0.108. The van der Waals surface area contributed by atoms with Crippen LogP contribution in [-0.2, 0) is 13.0 Å². The van der Waals surface area contributed by atoms with Crippen LogP contribution in [0.4, 0.5) is 0 Å². The number of nitrogens with zero attached hydrogens (tertiary/aromatic N) is 5. The van der Waals surface area contributed by atoms with Gasteiger partial charge in [0.05, 0.1) is 5.69 Å². The molecule has 0 aromatic carbocycles. The van der Waals surface area contributed by atoms with Gasteiger partial charge in [-0.05, 0) is 51.4 Å². The quantitative estimate of drug-likeness (QED) is 0.808. The third-order valence-corrected chi connectivity index (χ3v) is 7.44. The van der Waals surface area contributed by atoms with Crippen LogP contribution in [0.25, 0.3) is 0 Å². The van der Waals surface area contributed by atoms with Crippen LogP contribution in [0.2, 0.25) is 0 Å². The summed E-state index contributed by atoms with van der Waals surface area (Å²) in [7, 11) is 0. The monoisotopic (exact) mass is 426 g/mol. The van der Waals surface area contributed by atoms with E-state index in [0.717, 1.165) is 57.4 Å². The van der Waals surface area contributed by atoms with Crippen LogP contribution in [0.15, 0.2) is 4.52 Å². The number of carbonyl (C=O) groups is 2. The summed E-state index contributed by atoms with van der Waals surface area (Å²) in [4.78, 5) is 27.8. The summed E-state index contributed by atoms with van der Waals surface area (Å²) < 4.78 is 7.19. The van der Waals surface area contributed by atoms with Crippen LogP contribution in [0.3, 0.4) is 0 Å². The number of carbonyl (C=O) groups excluding carboxylic acids is 2. The molecule has 4 heterocycles. The van der Waals surface area contributed by atoms with E-state index < -0.39 is 0 Å². The zero-order valence-electron chi connectivity index (χ0n) is 18.3. The fraction of sp³-hybridized carbons (Fsp3) is 0.682. The van der Waals surface area contributed by atoms with Crippen LogP contribution < -0.4 is 5.32 Å². The standard InChI is InChI=1S/C22H30N6O3/c1-14-18(15(2)31-26-14)21(30)27-11-9-22(13-27)8-7-17-24-25-19(28(17)12-10-22)20(29)23-16-5-3-4-6-16/h16H,3-13H2,1-2H3,(H,23,29)/t22-/m0/s1. The Kier molecular flexibility index (Phi) is 5.06. The predicted octanol–water partition coefficient (Wildman–Crippen LogP) is 2.42. The number of hydrogen-bond acceptors (Lipinski definition) is 6. The highest BCUT2D eigenvalue weighted by Crippen LogP contribution is 2.41. The van der Waals surface area contributed by atoms with Gasteiger partial charge >= 0.3 is 0 Å². The second-order valence-electron chi connectivity index (χ2n) is 9.47. The molecule has 31 heavy (non-hydrogen) atoms. The number of aryl methyl sites for hydroxylation is 3. The Morgan fingerprint density at radius 1 is 1.10 bits per heavy atom. The van der Waals surface area contributed by atoms with E-state index in [1.807, 2.05) is 16.4 Å². The van der Waals surface area contributed by atoms with Gasteiger partial charge < -0.3 is 19.3 Å². The molecule has 2 aliphatic heterocycles. The molecule has 5 rings (SSSR count). The first-order valence-electron chi connectivity index (χ1n) is 11.4. The summed E-state index contributed by atoms with van der Waals surface area (Å²) in [6.45, 7) is 5.76. The molecule has 0 unspecified atom stereocenters. The van der Waals surface area contributed by atoms with Gasteiger partial charge in [0.2, 0.25) is 5.82 Å². The van der Waals surface area contributed by atoms with Crippen molar-refractivity contribution in [1.82, 2.24) is 30.1 Å². The van der Waals surface area contributed by atoms with E-state index >= 15 is 0 Å². The fourth-order valence-corrected chi connectivity index (χ4v) is 5.56. The predicted molar refractivity (Wildman–Crippen MR) is 112 cm³/mol. The van der Waals surface area contributed by atoms with Gasteiger partial charge in [0.1, 0.15) is 17.1 Å².